The van der Waals surface area contributed by atoms with Gasteiger partial charge < -0.3 is 5.32 Å². The Balaban J connectivity index is 1.48. The number of nitrogens with one attached hydrogen (secondary N) is 1. The van der Waals surface area contributed by atoms with Crippen LogP contribution in [0.3, 0.4) is 0 Å². The average molecular weight is 430 g/mol. The van der Waals surface area contributed by atoms with Crippen LogP contribution in [-0.2, 0) is 9.59 Å². The summed E-state index contributed by atoms with van der Waals surface area (Å²) in [5.41, 5.74) is 2.36. The van der Waals surface area contributed by atoms with Crippen LogP contribution >= 0.6 is 11.8 Å². The first-order valence-corrected chi connectivity index (χ1v) is 10.6. The second kappa shape index (κ2) is 9.82. The van der Waals surface area contributed by atoms with Gasteiger partial charge in [0.2, 0.25) is 5.91 Å². The highest BCUT2D eigenvalue weighted by Crippen LogP contribution is 2.27. The van der Waals surface area contributed by atoms with Crippen LogP contribution in [0.4, 0.5) is 5.69 Å². The zero-order valence-corrected chi connectivity index (χ0v) is 17.3. The van der Waals surface area contributed by atoms with E-state index in [1.165, 1.54) is 11.8 Å². The number of rotatable bonds is 8. The smallest absolute Gasteiger partial charge is 0.231 e. The fourth-order valence-corrected chi connectivity index (χ4v) is 3.77. The predicted octanol–water partition coefficient (Wildman–Crippen LogP) is 4.02. The van der Waals surface area contributed by atoms with Gasteiger partial charge in [-0.15, -0.1) is 10.2 Å². The van der Waals surface area contributed by atoms with Gasteiger partial charge in [0, 0.05) is 29.3 Å². The lowest BCUT2D eigenvalue weighted by atomic mass is 10.2. The van der Waals surface area contributed by atoms with Crippen LogP contribution in [0.15, 0.2) is 90.3 Å². The van der Waals surface area contributed by atoms with Crippen LogP contribution in [0.1, 0.15) is 6.42 Å². The Bertz CT molecular complexity index is 1160. The van der Waals surface area contributed by atoms with E-state index in [1.54, 1.807) is 24.5 Å². The van der Waals surface area contributed by atoms with Gasteiger partial charge in [-0.25, -0.2) is 0 Å². The molecule has 0 saturated carbocycles. The minimum absolute atomic E-state index is 0.111. The molecule has 0 aliphatic carbocycles. The molecule has 0 fully saturated rings. The minimum atomic E-state index is -0.336. The van der Waals surface area contributed by atoms with Gasteiger partial charge in [-0.3, -0.25) is 19.1 Å². The first-order valence-electron chi connectivity index (χ1n) is 9.61. The monoisotopic (exact) mass is 429 g/mol. The number of thioether (sulfide) groups is 1. The zero-order chi connectivity index (χ0) is 21.5. The number of Topliss-reactive ketones (excluding diaryl/α,β-unsaturated/α-hetero) is 1. The summed E-state index contributed by atoms with van der Waals surface area (Å²) in [5, 5.41) is 11.9. The number of para-hydroxylation sites is 2. The normalized spacial score (nSPS) is 10.6. The van der Waals surface area contributed by atoms with Crippen molar-refractivity contribution in [2.24, 2.45) is 0 Å². The van der Waals surface area contributed by atoms with Gasteiger partial charge in [0.1, 0.15) is 0 Å². The molecule has 2 aromatic heterocycles. The highest BCUT2D eigenvalue weighted by atomic mass is 32.2. The maximum absolute atomic E-state index is 12.4. The third-order valence-electron chi connectivity index (χ3n) is 4.35. The highest BCUT2D eigenvalue weighted by Gasteiger charge is 2.18. The molecule has 2 aromatic carbocycles. The maximum Gasteiger partial charge on any atom is 0.231 e. The van der Waals surface area contributed by atoms with E-state index in [9.17, 15) is 9.59 Å². The molecule has 4 aromatic rings. The largest absolute Gasteiger partial charge is 0.326 e. The van der Waals surface area contributed by atoms with Crippen molar-refractivity contribution in [1.29, 1.82) is 0 Å². The highest BCUT2D eigenvalue weighted by molar-refractivity contribution is 7.99. The summed E-state index contributed by atoms with van der Waals surface area (Å²) >= 11 is 1.25. The Morgan fingerprint density at radius 2 is 1.65 bits per heavy atom. The average Bonchev–Trinajstić information content (AvgIpc) is 3.23. The van der Waals surface area contributed by atoms with E-state index >= 15 is 0 Å². The van der Waals surface area contributed by atoms with E-state index in [2.05, 4.69) is 20.5 Å². The van der Waals surface area contributed by atoms with Crippen LogP contribution in [0.2, 0.25) is 0 Å². The Kier molecular flexibility index (Phi) is 6.49. The lowest BCUT2D eigenvalue weighted by Crippen LogP contribution is -2.17. The lowest BCUT2D eigenvalue weighted by Gasteiger charge is -2.10. The molecule has 1 amide bonds. The number of carbonyl (C=O) groups is 2. The van der Waals surface area contributed by atoms with Crippen molar-refractivity contribution in [1.82, 2.24) is 19.7 Å². The topological polar surface area (TPSA) is 89.8 Å². The number of amides is 1. The Morgan fingerprint density at radius 3 is 2.35 bits per heavy atom. The molecule has 7 nitrogen and oxygen atoms in total. The van der Waals surface area contributed by atoms with Gasteiger partial charge in [-0.2, -0.15) is 0 Å². The van der Waals surface area contributed by atoms with Crippen molar-refractivity contribution < 1.29 is 9.59 Å². The number of ketones is 1. The van der Waals surface area contributed by atoms with Crippen LogP contribution < -0.4 is 5.32 Å². The second-order valence-corrected chi connectivity index (χ2v) is 7.58. The molecular formula is C23H19N5O2S. The number of hydrogen-bond donors (Lipinski definition) is 1. The summed E-state index contributed by atoms with van der Waals surface area (Å²) in [7, 11) is 0. The van der Waals surface area contributed by atoms with Gasteiger partial charge in [0.15, 0.2) is 16.8 Å². The van der Waals surface area contributed by atoms with Gasteiger partial charge >= 0.3 is 0 Å². The number of carbonyl (C=O) groups excluding carboxylic acids is 2. The van der Waals surface area contributed by atoms with Crippen molar-refractivity contribution in [3.63, 3.8) is 0 Å². The van der Waals surface area contributed by atoms with Crippen LogP contribution in [0.5, 0.6) is 0 Å². The van der Waals surface area contributed by atoms with Gasteiger partial charge in [0.05, 0.1) is 12.2 Å². The molecule has 0 spiro atoms. The van der Waals surface area contributed by atoms with E-state index < -0.39 is 0 Å². The molecule has 1 N–H and O–H groups in total. The van der Waals surface area contributed by atoms with Crippen LogP contribution in [-0.4, -0.2) is 37.2 Å². The molecule has 0 radical (unpaired) electrons. The standard InChI is InChI=1S/C23H19N5O2S/c29-20(14-21(30)25-18-9-3-1-4-10-18)16-31-23-27-26-22(17-8-7-13-24-15-17)28(23)19-11-5-2-6-12-19/h1-13,15H,14,16H2,(H,25,30). The van der Waals surface area contributed by atoms with E-state index in [4.69, 9.17) is 0 Å². The molecule has 0 aliphatic rings. The van der Waals surface area contributed by atoms with Crippen molar-refractivity contribution in [2.45, 2.75) is 11.6 Å². The van der Waals surface area contributed by atoms with Gasteiger partial charge in [-0.1, -0.05) is 48.2 Å². The molecule has 154 valence electrons. The first-order chi connectivity index (χ1) is 15.2. The SMILES string of the molecule is O=C(CSc1nnc(-c2cccnc2)n1-c1ccccc1)CC(=O)Nc1ccccc1. The molecule has 0 atom stereocenters. The van der Waals surface area contributed by atoms with Gasteiger partial charge in [0.25, 0.3) is 0 Å². The van der Waals surface area contributed by atoms with Crippen molar-refractivity contribution in [3.05, 3.63) is 85.2 Å². The summed E-state index contributed by atoms with van der Waals surface area (Å²) in [4.78, 5) is 28.7. The Hall–Kier alpha value is -3.78. The van der Waals surface area contributed by atoms with Crippen molar-refractivity contribution >= 4 is 29.1 Å². The number of hydrogen-bond acceptors (Lipinski definition) is 6. The quantitative estimate of drug-likeness (QED) is 0.336. The maximum atomic E-state index is 12.4. The molecular weight excluding hydrogens is 410 g/mol. The molecule has 0 unspecified atom stereocenters. The fraction of sp³-hybridized carbons (Fsp3) is 0.0870. The molecule has 0 bridgehead atoms. The summed E-state index contributed by atoms with van der Waals surface area (Å²) in [6, 6.07) is 22.5. The summed E-state index contributed by atoms with van der Waals surface area (Å²) < 4.78 is 1.89. The predicted molar refractivity (Wildman–Crippen MR) is 120 cm³/mol. The van der Waals surface area contributed by atoms with E-state index in [0.29, 0.717) is 16.7 Å². The fourth-order valence-electron chi connectivity index (χ4n) is 2.96. The van der Waals surface area contributed by atoms with E-state index in [0.717, 1.165) is 11.3 Å². The molecule has 2 heterocycles. The third-order valence-corrected chi connectivity index (χ3v) is 5.33. The number of pyridine rings is 1. The number of aromatic nitrogens is 4. The summed E-state index contributed by atoms with van der Waals surface area (Å²) in [5.74, 6) is 0.220. The van der Waals surface area contributed by atoms with Crippen molar-refractivity contribution in [3.8, 4) is 17.1 Å². The second-order valence-electron chi connectivity index (χ2n) is 6.64. The van der Waals surface area contributed by atoms with Crippen LogP contribution in [0.25, 0.3) is 17.1 Å². The summed E-state index contributed by atoms with van der Waals surface area (Å²) in [6.45, 7) is 0. The summed E-state index contributed by atoms with van der Waals surface area (Å²) in [6.07, 6.45) is 3.22. The van der Waals surface area contributed by atoms with Gasteiger partial charge in [-0.05, 0) is 36.4 Å². The molecule has 0 aliphatic heterocycles. The third kappa shape index (κ3) is 5.23. The molecule has 8 heteroatoms. The zero-order valence-electron chi connectivity index (χ0n) is 16.5. The first kappa shape index (κ1) is 20.5. The molecule has 0 saturated heterocycles. The molecule has 4 rings (SSSR count). The number of nitrogens with zero attached hydrogens (tertiary/aromatic N) is 4. The number of benzene rings is 2. The Labute approximate surface area is 183 Å². The van der Waals surface area contributed by atoms with E-state index in [1.807, 2.05) is 65.2 Å². The van der Waals surface area contributed by atoms with Crippen molar-refractivity contribution in [2.75, 3.05) is 11.1 Å². The minimum Gasteiger partial charge on any atom is -0.326 e. The van der Waals surface area contributed by atoms with E-state index in [-0.39, 0.29) is 23.9 Å². The van der Waals surface area contributed by atoms with Crippen LogP contribution in [0, 0.1) is 0 Å². The molecule has 31 heavy (non-hydrogen) atoms. The number of anilines is 1. The lowest BCUT2D eigenvalue weighted by molar-refractivity contribution is -0.123. The Morgan fingerprint density at radius 1 is 0.903 bits per heavy atom.